The van der Waals surface area contributed by atoms with Gasteiger partial charge in [-0.25, -0.2) is 18.8 Å². The van der Waals surface area contributed by atoms with Crippen molar-refractivity contribution in [2.75, 3.05) is 12.0 Å². The van der Waals surface area contributed by atoms with Crippen molar-refractivity contribution in [3.8, 4) is 6.07 Å². The van der Waals surface area contributed by atoms with Crippen LogP contribution >= 0.6 is 0 Å². The second-order valence-corrected chi connectivity index (χ2v) is 6.06. The molecular formula is C19H15F2N5O2. The van der Waals surface area contributed by atoms with E-state index in [1.807, 2.05) is 6.07 Å². The van der Waals surface area contributed by atoms with Crippen molar-refractivity contribution in [2.45, 2.75) is 12.5 Å². The Kier molecular flexibility index (Phi) is 5.04. The topological polar surface area (TPSA) is 113 Å². The van der Waals surface area contributed by atoms with Gasteiger partial charge in [0.05, 0.1) is 11.8 Å². The second kappa shape index (κ2) is 7.44. The minimum atomic E-state index is -1.68. The number of amidine groups is 1. The molecule has 1 amide bonds. The van der Waals surface area contributed by atoms with Crippen LogP contribution in [0, 0.1) is 17.1 Å². The van der Waals surface area contributed by atoms with Crippen molar-refractivity contribution in [2.24, 2.45) is 10.7 Å². The Hall–Kier alpha value is -3.80. The van der Waals surface area contributed by atoms with E-state index in [9.17, 15) is 13.6 Å². The monoisotopic (exact) mass is 383 g/mol. The van der Waals surface area contributed by atoms with Crippen molar-refractivity contribution in [3.05, 3.63) is 71.0 Å². The molecular weight excluding hydrogens is 368 g/mol. The molecule has 2 aromatic rings. The number of nitrogens with one attached hydrogen (secondary N) is 1. The summed E-state index contributed by atoms with van der Waals surface area (Å²) in [6.45, 7) is 0.492. The van der Waals surface area contributed by atoms with Crippen LogP contribution < -0.4 is 11.1 Å². The molecule has 1 aromatic carbocycles. The third-order valence-corrected chi connectivity index (χ3v) is 4.30. The van der Waals surface area contributed by atoms with Crippen molar-refractivity contribution in [3.63, 3.8) is 0 Å². The van der Waals surface area contributed by atoms with Gasteiger partial charge in [0, 0.05) is 17.4 Å². The summed E-state index contributed by atoms with van der Waals surface area (Å²) < 4.78 is 33.5. The number of ether oxygens (including phenoxy) is 1. The van der Waals surface area contributed by atoms with Crippen LogP contribution in [0.3, 0.4) is 0 Å². The number of hydrogen-bond donors (Lipinski definition) is 2. The van der Waals surface area contributed by atoms with E-state index in [0.717, 1.165) is 6.07 Å². The fraction of sp³-hybridized carbons (Fsp3) is 0.158. The van der Waals surface area contributed by atoms with Crippen LogP contribution in [0.5, 0.6) is 0 Å². The van der Waals surface area contributed by atoms with Crippen LogP contribution in [0.4, 0.5) is 14.5 Å². The standard InChI is InChI=1S/C19H15F2N5O2/c1-11-9-28-18(23)26-19(11,10-20)14-6-13(3-4-15(14)21)25-17(27)16-5-2-12(7-22)8-24-16/h2-6,8-9H,10H2,1H3,(H2,23,26)(H,25,27)/t19-/m0/s1. The largest absolute Gasteiger partial charge is 0.434 e. The molecule has 9 heteroatoms. The lowest BCUT2D eigenvalue weighted by atomic mass is 9.84. The van der Waals surface area contributed by atoms with Gasteiger partial charge >= 0.3 is 0 Å². The number of carbonyl (C=O) groups is 1. The first-order valence-electron chi connectivity index (χ1n) is 8.12. The van der Waals surface area contributed by atoms with E-state index in [2.05, 4.69) is 15.3 Å². The van der Waals surface area contributed by atoms with Crippen molar-refractivity contribution >= 4 is 17.6 Å². The Balaban J connectivity index is 1.95. The van der Waals surface area contributed by atoms with Crippen molar-refractivity contribution in [1.29, 1.82) is 5.26 Å². The highest BCUT2D eigenvalue weighted by atomic mass is 19.1. The number of carbonyl (C=O) groups excluding carboxylic acids is 1. The molecule has 3 rings (SSSR count). The summed E-state index contributed by atoms with van der Waals surface area (Å²) in [5, 5.41) is 11.3. The van der Waals surface area contributed by atoms with Crippen LogP contribution in [-0.2, 0) is 10.3 Å². The average Bonchev–Trinajstić information content (AvgIpc) is 2.71. The molecule has 0 bridgehead atoms. The van der Waals surface area contributed by atoms with E-state index >= 15 is 0 Å². The molecule has 3 N–H and O–H groups in total. The lowest BCUT2D eigenvalue weighted by molar-refractivity contribution is 0.102. The van der Waals surface area contributed by atoms with Gasteiger partial charge in [-0.05, 0) is 42.8 Å². The summed E-state index contributed by atoms with van der Waals surface area (Å²) in [5.74, 6) is -1.28. The minimum absolute atomic E-state index is 0.0643. The van der Waals surface area contributed by atoms with Gasteiger partial charge in [-0.15, -0.1) is 0 Å². The number of hydrogen-bond acceptors (Lipinski definition) is 6. The summed E-state index contributed by atoms with van der Waals surface area (Å²) in [6, 6.07) is 8.16. The predicted molar refractivity (Wildman–Crippen MR) is 97.4 cm³/mol. The first-order valence-corrected chi connectivity index (χ1v) is 8.12. The third-order valence-electron chi connectivity index (χ3n) is 4.30. The summed E-state index contributed by atoms with van der Waals surface area (Å²) in [7, 11) is 0. The Morgan fingerprint density at radius 1 is 1.39 bits per heavy atom. The highest BCUT2D eigenvalue weighted by molar-refractivity contribution is 6.02. The normalized spacial score (nSPS) is 18.4. The SMILES string of the molecule is CC1=COC(N)=N[C@]1(CF)c1cc(NC(=O)c2ccc(C#N)cn2)ccc1F. The fourth-order valence-electron chi connectivity index (χ4n) is 2.74. The zero-order valence-electron chi connectivity index (χ0n) is 14.7. The number of amides is 1. The van der Waals surface area contributed by atoms with Gasteiger partial charge < -0.3 is 15.8 Å². The molecule has 0 saturated carbocycles. The second-order valence-electron chi connectivity index (χ2n) is 6.06. The third kappa shape index (κ3) is 3.40. The van der Waals surface area contributed by atoms with Gasteiger partial charge in [0.25, 0.3) is 11.9 Å². The lowest BCUT2D eigenvalue weighted by Crippen LogP contribution is -2.36. The zero-order chi connectivity index (χ0) is 20.3. The molecule has 0 aliphatic carbocycles. The van der Waals surface area contributed by atoms with Gasteiger partial charge in [-0.1, -0.05) is 0 Å². The van der Waals surface area contributed by atoms with E-state index in [4.69, 9.17) is 15.7 Å². The van der Waals surface area contributed by atoms with E-state index in [-0.39, 0.29) is 23.0 Å². The molecule has 142 valence electrons. The molecule has 1 aliphatic rings. The molecule has 7 nitrogen and oxygen atoms in total. The Morgan fingerprint density at radius 3 is 2.82 bits per heavy atom. The molecule has 0 saturated heterocycles. The van der Waals surface area contributed by atoms with Gasteiger partial charge in [-0.3, -0.25) is 4.79 Å². The minimum Gasteiger partial charge on any atom is -0.434 e. The number of nitrogens with zero attached hydrogens (tertiary/aromatic N) is 3. The lowest BCUT2D eigenvalue weighted by Gasteiger charge is -2.31. The Labute approximate surface area is 159 Å². The highest BCUT2D eigenvalue weighted by Crippen LogP contribution is 2.39. The van der Waals surface area contributed by atoms with Crippen LogP contribution in [0.1, 0.15) is 28.5 Å². The Bertz CT molecular complexity index is 1030. The fourth-order valence-corrected chi connectivity index (χ4v) is 2.74. The molecule has 1 aliphatic heterocycles. The van der Waals surface area contributed by atoms with E-state index in [0.29, 0.717) is 11.1 Å². The van der Waals surface area contributed by atoms with Gasteiger partial charge in [0.15, 0.2) is 0 Å². The number of nitrogens with two attached hydrogens (primary N) is 1. The molecule has 0 fully saturated rings. The number of aliphatic imine (C=N–C) groups is 1. The van der Waals surface area contributed by atoms with Crippen LogP contribution in [-0.4, -0.2) is 23.6 Å². The van der Waals surface area contributed by atoms with E-state index in [1.165, 1.54) is 36.7 Å². The number of pyridine rings is 1. The Morgan fingerprint density at radius 2 is 2.18 bits per heavy atom. The molecule has 1 atom stereocenters. The maximum absolute atomic E-state index is 14.5. The molecule has 0 spiro atoms. The number of aromatic nitrogens is 1. The molecule has 1 aromatic heterocycles. The summed E-state index contributed by atoms with van der Waals surface area (Å²) >= 11 is 0. The average molecular weight is 383 g/mol. The number of rotatable bonds is 4. The zero-order valence-corrected chi connectivity index (χ0v) is 14.7. The number of anilines is 1. The van der Waals surface area contributed by atoms with Crippen LogP contribution in [0.15, 0.2) is 53.4 Å². The van der Waals surface area contributed by atoms with Gasteiger partial charge in [0.1, 0.15) is 29.8 Å². The first kappa shape index (κ1) is 19.0. The molecule has 28 heavy (non-hydrogen) atoms. The smallest absolute Gasteiger partial charge is 0.288 e. The number of alkyl halides is 1. The summed E-state index contributed by atoms with van der Waals surface area (Å²) in [4.78, 5) is 20.2. The molecule has 0 unspecified atom stereocenters. The van der Waals surface area contributed by atoms with Gasteiger partial charge in [0.2, 0.25) is 0 Å². The predicted octanol–water partition coefficient (Wildman–Crippen LogP) is 2.76. The molecule has 0 radical (unpaired) electrons. The van der Waals surface area contributed by atoms with E-state index < -0.39 is 23.9 Å². The van der Waals surface area contributed by atoms with Crippen molar-refractivity contribution in [1.82, 2.24) is 4.98 Å². The van der Waals surface area contributed by atoms with E-state index in [1.54, 1.807) is 6.92 Å². The highest BCUT2D eigenvalue weighted by Gasteiger charge is 2.40. The van der Waals surface area contributed by atoms with Crippen LogP contribution in [0.2, 0.25) is 0 Å². The number of nitriles is 1. The quantitative estimate of drug-likeness (QED) is 0.843. The summed E-state index contributed by atoms with van der Waals surface area (Å²) in [6.07, 6.45) is 2.48. The molecule has 2 heterocycles. The maximum Gasteiger partial charge on any atom is 0.288 e. The van der Waals surface area contributed by atoms with Gasteiger partial charge in [-0.2, -0.15) is 5.26 Å². The number of benzene rings is 1. The summed E-state index contributed by atoms with van der Waals surface area (Å²) in [5.41, 5.74) is 4.68. The first-order chi connectivity index (χ1) is 13.4. The maximum atomic E-state index is 14.5. The van der Waals surface area contributed by atoms with Crippen molar-refractivity contribution < 1.29 is 18.3 Å². The van der Waals surface area contributed by atoms with Crippen LogP contribution in [0.25, 0.3) is 0 Å². The number of halogens is 2.